The Bertz CT molecular complexity index is 1020. The molecule has 1 aliphatic heterocycles. The molecule has 4 rings (SSSR count). The largest absolute Gasteiger partial charge is 0.497 e. The van der Waals surface area contributed by atoms with Gasteiger partial charge in [-0.1, -0.05) is 6.92 Å². The monoisotopic (exact) mass is 418 g/mol. The molecule has 0 aliphatic carbocycles. The van der Waals surface area contributed by atoms with E-state index in [2.05, 4.69) is 23.5 Å². The Hall–Kier alpha value is -2.16. The van der Waals surface area contributed by atoms with Crippen LogP contribution in [0.4, 0.5) is 0 Å². The fraction of sp³-hybridized carbons (Fsp3) is 0.400. The molecule has 148 valence electrons. The standard InChI is InChI=1S/C20H23N3O3S2/c1-4-16-14-8-10-28-18(14)7-9-22(16)12-23-20(27)26-19(21-23)15-6-5-13(24-2)11-17(15)25-3/h5-6,8,10-11,16H,4,7,9,12H2,1-3H3/p+1/t16-/m0/s1. The van der Waals surface area contributed by atoms with Crippen LogP contribution >= 0.6 is 23.6 Å². The van der Waals surface area contributed by atoms with E-state index >= 15 is 0 Å². The zero-order valence-electron chi connectivity index (χ0n) is 16.2. The lowest BCUT2D eigenvalue weighted by Gasteiger charge is -2.31. The lowest BCUT2D eigenvalue weighted by Crippen LogP contribution is -3.12. The molecule has 0 amide bonds. The van der Waals surface area contributed by atoms with Crippen molar-refractivity contribution < 1.29 is 18.8 Å². The Morgan fingerprint density at radius 1 is 1.32 bits per heavy atom. The first-order valence-electron chi connectivity index (χ1n) is 9.35. The Morgan fingerprint density at radius 2 is 2.18 bits per heavy atom. The van der Waals surface area contributed by atoms with Crippen LogP contribution in [0.3, 0.4) is 0 Å². The zero-order chi connectivity index (χ0) is 19.7. The quantitative estimate of drug-likeness (QED) is 0.621. The van der Waals surface area contributed by atoms with E-state index in [1.54, 1.807) is 18.9 Å². The van der Waals surface area contributed by atoms with E-state index in [1.165, 1.54) is 15.3 Å². The molecule has 8 heteroatoms. The first-order chi connectivity index (χ1) is 13.6. The predicted octanol–water partition coefficient (Wildman–Crippen LogP) is 3.50. The molecule has 2 atom stereocenters. The summed E-state index contributed by atoms with van der Waals surface area (Å²) >= 11 is 7.33. The van der Waals surface area contributed by atoms with E-state index in [1.807, 2.05) is 29.5 Å². The Kier molecular flexibility index (Phi) is 5.52. The number of fused-ring (bicyclic) bond motifs is 1. The minimum absolute atomic E-state index is 0.381. The molecule has 3 aromatic rings. The van der Waals surface area contributed by atoms with E-state index in [9.17, 15) is 0 Å². The van der Waals surface area contributed by atoms with Crippen molar-refractivity contribution in [3.63, 3.8) is 0 Å². The van der Waals surface area contributed by atoms with E-state index < -0.39 is 0 Å². The summed E-state index contributed by atoms with van der Waals surface area (Å²) in [5, 5.41) is 6.86. The van der Waals surface area contributed by atoms with Crippen molar-refractivity contribution >= 4 is 23.6 Å². The van der Waals surface area contributed by atoms with Gasteiger partial charge in [-0.15, -0.1) is 16.4 Å². The van der Waals surface area contributed by atoms with Gasteiger partial charge in [-0.3, -0.25) is 0 Å². The Balaban J connectivity index is 1.62. The molecule has 0 radical (unpaired) electrons. The number of nitrogens with zero attached hydrogens (tertiary/aromatic N) is 2. The maximum Gasteiger partial charge on any atom is 0.292 e. The predicted molar refractivity (Wildman–Crippen MR) is 111 cm³/mol. The molecule has 0 spiro atoms. The van der Waals surface area contributed by atoms with Crippen LogP contribution in [0.25, 0.3) is 11.5 Å². The number of thiophene rings is 1. The molecule has 0 fully saturated rings. The van der Waals surface area contributed by atoms with Crippen molar-refractivity contribution in [2.45, 2.75) is 32.5 Å². The second kappa shape index (κ2) is 8.06. The summed E-state index contributed by atoms with van der Waals surface area (Å²) in [6.07, 6.45) is 2.19. The number of hydrogen-bond donors (Lipinski definition) is 1. The van der Waals surface area contributed by atoms with E-state index in [-0.39, 0.29) is 0 Å². The van der Waals surface area contributed by atoms with Crippen LogP contribution in [0.5, 0.6) is 11.5 Å². The van der Waals surface area contributed by atoms with Crippen LogP contribution in [0, 0.1) is 4.84 Å². The van der Waals surface area contributed by atoms with Crippen molar-refractivity contribution in [3.8, 4) is 23.0 Å². The second-order valence-electron chi connectivity index (χ2n) is 6.82. The van der Waals surface area contributed by atoms with Gasteiger partial charge >= 0.3 is 0 Å². The molecule has 1 unspecified atom stereocenters. The molecule has 3 heterocycles. The Morgan fingerprint density at radius 3 is 2.93 bits per heavy atom. The third-order valence-electron chi connectivity index (χ3n) is 5.33. The molecule has 0 saturated carbocycles. The Labute approximate surface area is 173 Å². The smallest absolute Gasteiger partial charge is 0.292 e. The highest BCUT2D eigenvalue weighted by Crippen LogP contribution is 2.32. The van der Waals surface area contributed by atoms with Gasteiger partial charge in [0.15, 0.2) is 6.67 Å². The second-order valence-corrected chi connectivity index (χ2v) is 8.17. The molecule has 28 heavy (non-hydrogen) atoms. The first-order valence-corrected chi connectivity index (χ1v) is 10.6. The van der Waals surface area contributed by atoms with Crippen molar-refractivity contribution in [1.82, 2.24) is 9.78 Å². The number of aromatic nitrogens is 2. The topological polar surface area (TPSA) is 53.9 Å². The molecule has 1 aromatic carbocycles. The molecular formula is C20H24N3O3S2+. The average molecular weight is 419 g/mol. The minimum atomic E-state index is 0.381. The average Bonchev–Trinajstić information content (AvgIpc) is 3.34. The summed E-state index contributed by atoms with van der Waals surface area (Å²) in [5.74, 6) is 1.82. The van der Waals surface area contributed by atoms with Crippen LogP contribution in [0.2, 0.25) is 0 Å². The van der Waals surface area contributed by atoms with E-state index in [4.69, 9.17) is 26.1 Å². The minimum Gasteiger partial charge on any atom is -0.497 e. The van der Waals surface area contributed by atoms with E-state index in [0.717, 1.165) is 24.9 Å². The van der Waals surface area contributed by atoms with Gasteiger partial charge in [-0.25, -0.2) is 0 Å². The van der Waals surface area contributed by atoms with Crippen molar-refractivity contribution in [2.24, 2.45) is 0 Å². The molecule has 0 saturated heterocycles. The third kappa shape index (κ3) is 3.47. The first kappa shape index (κ1) is 19.2. The molecule has 1 aliphatic rings. The summed E-state index contributed by atoms with van der Waals surface area (Å²) in [6.45, 7) is 4.00. The molecule has 1 N–H and O–H groups in total. The van der Waals surface area contributed by atoms with E-state index in [0.29, 0.717) is 34.9 Å². The number of quaternary nitrogens is 1. The van der Waals surface area contributed by atoms with Gasteiger partial charge in [0.05, 0.1) is 26.3 Å². The number of hydrogen-bond acceptors (Lipinski definition) is 6. The number of rotatable bonds is 6. The van der Waals surface area contributed by atoms with Gasteiger partial charge in [0.2, 0.25) is 0 Å². The molecule has 6 nitrogen and oxygen atoms in total. The summed E-state index contributed by atoms with van der Waals surface area (Å²) in [7, 11) is 3.24. The molecule has 2 aromatic heterocycles. The van der Waals surface area contributed by atoms with Crippen molar-refractivity contribution in [3.05, 3.63) is 44.9 Å². The van der Waals surface area contributed by atoms with Gasteiger partial charge in [0.1, 0.15) is 17.5 Å². The number of nitrogens with one attached hydrogen (secondary N) is 1. The number of methoxy groups -OCH3 is 2. The fourth-order valence-corrected chi connectivity index (χ4v) is 5.04. The lowest BCUT2D eigenvalue weighted by molar-refractivity contribution is -0.956. The maximum atomic E-state index is 5.82. The van der Waals surface area contributed by atoms with Gasteiger partial charge < -0.3 is 18.8 Å². The number of benzene rings is 1. The van der Waals surface area contributed by atoms with Crippen molar-refractivity contribution in [2.75, 3.05) is 20.8 Å². The maximum absolute atomic E-state index is 5.82. The highest BCUT2D eigenvalue weighted by atomic mass is 32.1. The van der Waals surface area contributed by atoms with Crippen LogP contribution in [0.15, 0.2) is 34.1 Å². The summed E-state index contributed by atoms with van der Waals surface area (Å²) in [4.78, 5) is 3.36. The molecule has 0 bridgehead atoms. The van der Waals surface area contributed by atoms with Gasteiger partial charge in [0, 0.05) is 29.3 Å². The highest BCUT2D eigenvalue weighted by molar-refractivity contribution is 7.71. The molecular weight excluding hydrogens is 394 g/mol. The van der Waals surface area contributed by atoms with Crippen LogP contribution in [-0.2, 0) is 13.1 Å². The summed E-state index contributed by atoms with van der Waals surface area (Å²) in [5.41, 5.74) is 2.23. The van der Waals surface area contributed by atoms with Crippen LogP contribution < -0.4 is 14.4 Å². The lowest BCUT2D eigenvalue weighted by atomic mass is 9.98. The van der Waals surface area contributed by atoms with Crippen molar-refractivity contribution in [1.29, 1.82) is 0 Å². The SMILES string of the molecule is CC[C@H]1c2ccsc2CC[NH+]1Cn1nc(-c2ccc(OC)cc2OC)oc1=S. The fourth-order valence-electron chi connectivity index (χ4n) is 3.91. The van der Waals surface area contributed by atoms with Gasteiger partial charge in [-0.2, -0.15) is 4.68 Å². The third-order valence-corrected chi connectivity index (χ3v) is 6.62. The summed E-state index contributed by atoms with van der Waals surface area (Å²) in [6, 6.07) is 8.28. The van der Waals surface area contributed by atoms with Crippen LogP contribution in [0.1, 0.15) is 29.8 Å². The summed E-state index contributed by atoms with van der Waals surface area (Å²) < 4.78 is 18.4. The number of ether oxygens (including phenoxy) is 2. The van der Waals surface area contributed by atoms with Gasteiger partial charge in [-0.05, 0) is 35.8 Å². The highest BCUT2D eigenvalue weighted by Gasteiger charge is 2.31. The van der Waals surface area contributed by atoms with Crippen LogP contribution in [-0.4, -0.2) is 30.5 Å². The normalized spacial score (nSPS) is 18.7. The zero-order valence-corrected chi connectivity index (χ0v) is 17.9. The van der Waals surface area contributed by atoms with Gasteiger partial charge in [0.25, 0.3) is 10.7 Å².